The lowest BCUT2D eigenvalue weighted by Gasteiger charge is -2.57. The van der Waals surface area contributed by atoms with Gasteiger partial charge in [-0.3, -0.25) is 9.59 Å². The van der Waals surface area contributed by atoms with Crippen LogP contribution in [0.5, 0.6) is 17.2 Å². The first-order valence-corrected chi connectivity index (χ1v) is 28.0. The molecule has 9 aromatic rings. The maximum absolute atomic E-state index is 14.3. The number of hydrogen-bond donors (Lipinski definition) is 0. The Bertz CT molecular complexity index is 4120. The second-order valence-electron chi connectivity index (χ2n) is 22.2. The molecule has 5 aromatic carbocycles. The van der Waals surface area contributed by atoms with Gasteiger partial charge in [0.2, 0.25) is 11.5 Å². The van der Waals surface area contributed by atoms with Gasteiger partial charge in [0.25, 0.3) is 0 Å². The van der Waals surface area contributed by atoms with Crippen molar-refractivity contribution in [3.8, 4) is 28.4 Å². The first-order chi connectivity index (χ1) is 41.5. The molecule has 86 heavy (non-hydrogen) atoms. The molecule has 440 valence electrons. The third-order valence-electron chi connectivity index (χ3n) is 16.7. The van der Waals surface area contributed by atoms with E-state index in [2.05, 4.69) is 34.2 Å². The van der Waals surface area contributed by atoms with Crippen LogP contribution in [0.2, 0.25) is 0 Å². The zero-order valence-electron chi connectivity index (χ0n) is 46.9. The summed E-state index contributed by atoms with van der Waals surface area (Å²) in [5.74, 6) is -0.333. The summed E-state index contributed by atoms with van der Waals surface area (Å²) in [7, 11) is 1.75. The van der Waals surface area contributed by atoms with Gasteiger partial charge in [-0.25, -0.2) is 33.5 Å². The first kappa shape index (κ1) is 56.3. The number of imidazole rings is 2. The van der Waals surface area contributed by atoms with E-state index in [0.717, 1.165) is 69.9 Å². The zero-order valence-corrected chi connectivity index (χ0v) is 46.9. The van der Waals surface area contributed by atoms with E-state index in [1.165, 1.54) is 89.6 Å². The number of aryl methyl sites for hydroxylation is 2. The lowest BCUT2D eigenvalue weighted by Crippen LogP contribution is -2.48. The number of hydrogen-bond acceptors (Lipinski definition) is 19. The van der Waals surface area contributed by atoms with Gasteiger partial charge in [0.15, 0.2) is 28.6 Å². The molecule has 0 radical (unpaired) electrons. The van der Waals surface area contributed by atoms with Crippen molar-refractivity contribution in [1.29, 1.82) is 0 Å². The minimum absolute atomic E-state index is 0.00728. The Morgan fingerprint density at radius 3 is 1.63 bits per heavy atom. The van der Waals surface area contributed by atoms with Crippen LogP contribution in [0.3, 0.4) is 0 Å². The topological polar surface area (TPSA) is 289 Å². The third-order valence-corrected chi connectivity index (χ3v) is 16.7. The van der Waals surface area contributed by atoms with E-state index in [9.17, 15) is 44.2 Å². The van der Waals surface area contributed by atoms with E-state index in [1.807, 2.05) is 18.2 Å². The van der Waals surface area contributed by atoms with E-state index in [0.29, 0.717) is 11.6 Å². The lowest BCUT2D eigenvalue weighted by atomic mass is 9.48. The van der Waals surface area contributed by atoms with Crippen LogP contribution in [0.15, 0.2) is 134 Å². The fourth-order valence-corrected chi connectivity index (χ4v) is 13.2. The summed E-state index contributed by atoms with van der Waals surface area (Å²) >= 11 is 0. The van der Waals surface area contributed by atoms with Crippen molar-refractivity contribution in [2.45, 2.75) is 77.0 Å². The van der Waals surface area contributed by atoms with Crippen LogP contribution in [0, 0.1) is 51.8 Å². The average molecular weight is 1170 g/mol. The highest BCUT2D eigenvalue weighted by atomic mass is 16.6. The number of carbonyl (C=O) groups is 3. The molecule has 4 aliphatic rings. The van der Waals surface area contributed by atoms with Gasteiger partial charge in [-0.15, -0.1) is 0 Å². The molecule has 0 unspecified atom stereocenters. The SMILES string of the molecule is COc1ccc(-c2ccc3cc(C(=O)OC(COc4cccc5oc(C(=O)OCCn6c([N+](=O)[O-])cnc6C)cc(=O)c45)COc4cccc5oc(C(=O)OCCn6c([N+](=O)[O-])cnc6C)cc(=O)c45)ccc3c2)cc1C12CC3CC(CC(C3)C1)C2. The molecule has 4 saturated carbocycles. The highest BCUT2D eigenvalue weighted by Gasteiger charge is 2.52. The normalized spacial score (nSPS) is 17.7. The Labute approximate surface area is 488 Å². The van der Waals surface area contributed by atoms with Crippen LogP contribution in [-0.4, -0.2) is 86.5 Å². The zero-order chi connectivity index (χ0) is 60.0. The molecule has 0 aliphatic heterocycles. The molecule has 4 aliphatic carbocycles. The van der Waals surface area contributed by atoms with Crippen molar-refractivity contribution in [3.05, 3.63) is 190 Å². The van der Waals surface area contributed by atoms with Crippen LogP contribution < -0.4 is 25.1 Å². The van der Waals surface area contributed by atoms with Gasteiger partial charge < -0.3 is 57.5 Å². The fraction of sp³-hybridized carbons (Fsp3) is 0.317. The molecule has 0 N–H and O–H groups in total. The summed E-state index contributed by atoms with van der Waals surface area (Å²) in [6, 6.07) is 28.5. The van der Waals surface area contributed by atoms with E-state index in [-0.39, 0.29) is 82.4 Å². The van der Waals surface area contributed by atoms with Gasteiger partial charge in [-0.05, 0) is 148 Å². The van der Waals surface area contributed by atoms with Crippen molar-refractivity contribution >= 4 is 62.3 Å². The van der Waals surface area contributed by atoms with Crippen LogP contribution in [0.1, 0.15) is 87.2 Å². The fourth-order valence-electron chi connectivity index (χ4n) is 13.2. The molecule has 0 amide bonds. The molecular formula is C63H56N6O17. The van der Waals surface area contributed by atoms with Crippen molar-refractivity contribution in [2.75, 3.05) is 33.5 Å². The van der Waals surface area contributed by atoms with Gasteiger partial charge >= 0.3 is 29.5 Å². The second-order valence-corrected chi connectivity index (χ2v) is 22.2. The number of carbonyl (C=O) groups excluding carboxylic acids is 3. The van der Waals surface area contributed by atoms with Crippen LogP contribution in [0.25, 0.3) is 43.8 Å². The number of nitro groups is 2. The quantitative estimate of drug-likeness (QED) is 0.0279. The number of esters is 3. The molecule has 0 atom stereocenters. The summed E-state index contributed by atoms with van der Waals surface area (Å²) in [6.07, 6.45) is 8.54. The Morgan fingerprint density at radius 2 is 1.12 bits per heavy atom. The van der Waals surface area contributed by atoms with E-state index < -0.39 is 69.5 Å². The number of benzene rings is 5. The number of ether oxygens (including phenoxy) is 6. The first-order valence-electron chi connectivity index (χ1n) is 28.0. The predicted molar refractivity (Wildman–Crippen MR) is 309 cm³/mol. The maximum atomic E-state index is 14.3. The van der Waals surface area contributed by atoms with Crippen molar-refractivity contribution in [1.82, 2.24) is 19.1 Å². The Balaban J connectivity index is 0.782. The molecule has 4 heterocycles. The Kier molecular flexibility index (Phi) is 15.1. The minimum Gasteiger partial charge on any atom is -0.496 e. The van der Waals surface area contributed by atoms with Crippen molar-refractivity contribution in [2.24, 2.45) is 17.8 Å². The standard InChI is InChI=1S/C63H56N6O17/c1-35-64-31-56(68(75)76)66(35)16-18-80-61(73)54-26-47(70)58-50(6-4-8-52(58)85-54)82-33-45(34-83-51-7-5-9-53-59(51)48(71)27-55(86-53)62(74)81-19-17-67-36(2)65-32-57(67)69(77)78)84-60(72)44-13-12-40-23-41(10-11-42(40)24-44)43-14-15-49(79-3)46(25-43)63-28-37-20-38(29-63)22-39(21-37)30-63/h4-15,23-27,31-32,37-39,45H,16-22,28-30,33-34H2,1-3H3. The van der Waals surface area contributed by atoms with Crippen LogP contribution in [-0.2, 0) is 32.7 Å². The molecule has 4 bridgehead atoms. The number of aromatic nitrogens is 4. The maximum Gasteiger partial charge on any atom is 0.374 e. The molecule has 13 rings (SSSR count). The Morgan fingerprint density at radius 1 is 0.628 bits per heavy atom. The Hall–Kier alpha value is -10.2. The summed E-state index contributed by atoms with van der Waals surface area (Å²) in [4.78, 5) is 97.6. The van der Waals surface area contributed by atoms with E-state index in [4.69, 9.17) is 37.3 Å². The lowest BCUT2D eigenvalue weighted by molar-refractivity contribution is -0.392. The van der Waals surface area contributed by atoms with Gasteiger partial charge in [0, 0.05) is 31.5 Å². The molecule has 0 saturated heterocycles. The minimum atomic E-state index is -1.24. The van der Waals surface area contributed by atoms with Crippen LogP contribution >= 0.6 is 0 Å². The van der Waals surface area contributed by atoms with Crippen molar-refractivity contribution < 1.29 is 61.5 Å². The third kappa shape index (κ3) is 11.1. The average Bonchev–Trinajstić information content (AvgIpc) is 0.945. The van der Waals surface area contributed by atoms with Gasteiger partial charge in [0.05, 0.1) is 12.7 Å². The highest BCUT2D eigenvalue weighted by Crippen LogP contribution is 2.62. The molecule has 4 fully saturated rings. The molecule has 23 heteroatoms. The van der Waals surface area contributed by atoms with Crippen LogP contribution in [0.4, 0.5) is 11.6 Å². The summed E-state index contributed by atoms with van der Waals surface area (Å²) in [5, 5.41) is 24.4. The molecule has 0 spiro atoms. The van der Waals surface area contributed by atoms with E-state index >= 15 is 0 Å². The van der Waals surface area contributed by atoms with Crippen molar-refractivity contribution in [3.63, 3.8) is 0 Å². The van der Waals surface area contributed by atoms with Gasteiger partial charge in [0.1, 0.15) is 91.1 Å². The number of methoxy groups -OCH3 is 1. The summed E-state index contributed by atoms with van der Waals surface area (Å²) in [5.41, 5.74) is 2.25. The monoisotopic (exact) mass is 1170 g/mol. The number of fused-ring (bicyclic) bond motifs is 3. The smallest absolute Gasteiger partial charge is 0.374 e. The number of rotatable bonds is 21. The highest BCUT2D eigenvalue weighted by molar-refractivity contribution is 5.97. The second kappa shape index (κ2) is 23.1. The van der Waals surface area contributed by atoms with Gasteiger partial charge in [-0.1, -0.05) is 36.4 Å². The van der Waals surface area contributed by atoms with Gasteiger partial charge in [-0.2, -0.15) is 0 Å². The van der Waals surface area contributed by atoms with E-state index in [1.54, 1.807) is 33.1 Å². The largest absolute Gasteiger partial charge is 0.496 e. The summed E-state index contributed by atoms with van der Waals surface area (Å²) in [6.45, 7) is 1.49. The molecule has 4 aromatic heterocycles. The summed E-state index contributed by atoms with van der Waals surface area (Å²) < 4.78 is 49.3. The molecular weight excluding hydrogens is 1110 g/mol. The number of nitrogens with zero attached hydrogens (tertiary/aromatic N) is 6. The predicted octanol–water partition coefficient (Wildman–Crippen LogP) is 10.4. The molecule has 23 nitrogen and oxygen atoms in total.